The molecule has 0 bridgehead atoms. The highest BCUT2D eigenvalue weighted by atomic mass is 79.9. The van der Waals surface area contributed by atoms with E-state index in [9.17, 15) is 14.7 Å². The molecule has 3 rings (SSSR count). The molecule has 1 heterocycles. The Kier molecular flexibility index (Phi) is 4.05. The van der Waals surface area contributed by atoms with Gasteiger partial charge in [-0.15, -0.1) is 0 Å². The number of benzene rings is 2. The normalized spacial score (nSPS) is 20.1. The second-order valence-electron chi connectivity index (χ2n) is 5.33. The molecule has 0 spiro atoms. The summed E-state index contributed by atoms with van der Waals surface area (Å²) in [5.74, 6) is -1.43. The highest BCUT2D eigenvalue weighted by molar-refractivity contribution is 9.10. The van der Waals surface area contributed by atoms with Gasteiger partial charge in [-0.2, -0.15) is 0 Å². The first-order valence-corrected chi connectivity index (χ1v) is 7.85. The lowest BCUT2D eigenvalue weighted by molar-refractivity contribution is -0.139. The summed E-state index contributed by atoms with van der Waals surface area (Å²) in [6.07, 6.45) is 0. The van der Waals surface area contributed by atoms with Crippen LogP contribution in [0.1, 0.15) is 17.2 Å². The van der Waals surface area contributed by atoms with Gasteiger partial charge in [0.05, 0.1) is 11.6 Å². The summed E-state index contributed by atoms with van der Waals surface area (Å²) < 4.78 is 0.900. The molecule has 116 valence electrons. The maximum atomic E-state index is 12.4. The van der Waals surface area contributed by atoms with Gasteiger partial charge in [-0.1, -0.05) is 58.4 Å². The van der Waals surface area contributed by atoms with Gasteiger partial charge < -0.3 is 10.0 Å². The fourth-order valence-corrected chi connectivity index (χ4v) is 3.00. The lowest BCUT2D eigenvalue weighted by Gasteiger charge is -2.21. The van der Waals surface area contributed by atoms with Crippen LogP contribution in [-0.4, -0.2) is 28.7 Å². The summed E-state index contributed by atoms with van der Waals surface area (Å²) in [7, 11) is 1.57. The number of ketones is 1. The Morgan fingerprint density at radius 1 is 1.04 bits per heavy atom. The highest BCUT2D eigenvalue weighted by Crippen LogP contribution is 2.38. The molecule has 0 saturated carbocycles. The molecule has 5 heteroatoms. The van der Waals surface area contributed by atoms with Crippen molar-refractivity contribution in [3.63, 3.8) is 0 Å². The standard InChI is InChI=1S/C18H14BrNO3/c1-20-15(11-7-9-13(19)10-8-11)14(17(22)18(20)23)16(21)12-5-3-2-4-6-12/h2-10,15,21H,1H3. The average Bonchev–Trinajstić information content (AvgIpc) is 2.80. The summed E-state index contributed by atoms with van der Waals surface area (Å²) >= 11 is 3.36. The Bertz CT molecular complexity index is 797. The van der Waals surface area contributed by atoms with E-state index in [1.54, 1.807) is 31.3 Å². The van der Waals surface area contributed by atoms with E-state index in [1.807, 2.05) is 30.3 Å². The number of aliphatic hydroxyl groups excluding tert-OH is 1. The first-order valence-electron chi connectivity index (χ1n) is 7.06. The molecule has 1 fully saturated rings. The van der Waals surface area contributed by atoms with Crippen molar-refractivity contribution in [1.29, 1.82) is 0 Å². The molecule has 1 amide bonds. The van der Waals surface area contributed by atoms with Crippen molar-refractivity contribution in [2.45, 2.75) is 6.04 Å². The molecule has 2 aromatic rings. The third kappa shape index (κ3) is 2.68. The van der Waals surface area contributed by atoms with E-state index in [1.165, 1.54) is 4.90 Å². The molecule has 1 aliphatic rings. The Morgan fingerprint density at radius 2 is 1.65 bits per heavy atom. The number of likely N-dealkylation sites (tertiary alicyclic amines) is 1. The van der Waals surface area contributed by atoms with Crippen molar-refractivity contribution in [2.75, 3.05) is 7.05 Å². The third-order valence-electron chi connectivity index (χ3n) is 3.91. The van der Waals surface area contributed by atoms with Crippen LogP contribution in [0.25, 0.3) is 5.76 Å². The average molecular weight is 372 g/mol. The van der Waals surface area contributed by atoms with E-state index in [4.69, 9.17) is 0 Å². The van der Waals surface area contributed by atoms with Crippen LogP contribution in [0.15, 0.2) is 64.6 Å². The molecule has 1 unspecified atom stereocenters. The van der Waals surface area contributed by atoms with Gasteiger partial charge in [0.2, 0.25) is 0 Å². The molecule has 1 aliphatic heterocycles. The van der Waals surface area contributed by atoms with Gasteiger partial charge in [0.15, 0.2) is 0 Å². The summed E-state index contributed by atoms with van der Waals surface area (Å²) in [6.45, 7) is 0. The van der Waals surface area contributed by atoms with Crippen molar-refractivity contribution in [2.24, 2.45) is 0 Å². The molecule has 0 aromatic heterocycles. The van der Waals surface area contributed by atoms with Crippen LogP contribution in [0, 0.1) is 0 Å². The van der Waals surface area contributed by atoms with Crippen LogP contribution < -0.4 is 0 Å². The Labute approximate surface area is 142 Å². The van der Waals surface area contributed by atoms with E-state index in [0.29, 0.717) is 5.56 Å². The lowest BCUT2D eigenvalue weighted by atomic mass is 9.95. The number of carbonyl (C=O) groups excluding carboxylic acids is 2. The number of rotatable bonds is 2. The number of likely N-dealkylation sites (N-methyl/N-ethyl adjacent to an activating group) is 1. The number of aliphatic hydroxyl groups is 1. The van der Waals surface area contributed by atoms with E-state index >= 15 is 0 Å². The largest absolute Gasteiger partial charge is 0.507 e. The molecule has 2 aromatic carbocycles. The van der Waals surface area contributed by atoms with Crippen LogP contribution in [0.5, 0.6) is 0 Å². The van der Waals surface area contributed by atoms with Crippen LogP contribution in [0.2, 0.25) is 0 Å². The number of nitrogens with zero attached hydrogens (tertiary/aromatic N) is 1. The van der Waals surface area contributed by atoms with Gasteiger partial charge in [0, 0.05) is 17.1 Å². The van der Waals surface area contributed by atoms with E-state index in [2.05, 4.69) is 15.9 Å². The number of Topliss-reactive ketones (excluding diaryl/α,β-unsaturated/α-hetero) is 1. The maximum absolute atomic E-state index is 12.4. The molecule has 1 N–H and O–H groups in total. The quantitative estimate of drug-likeness (QED) is 0.499. The molecule has 1 atom stereocenters. The monoisotopic (exact) mass is 371 g/mol. The van der Waals surface area contributed by atoms with Gasteiger partial charge in [0.25, 0.3) is 11.7 Å². The lowest BCUT2D eigenvalue weighted by Crippen LogP contribution is -2.24. The minimum atomic E-state index is -0.665. The predicted octanol–water partition coefficient (Wildman–Crippen LogP) is 3.50. The van der Waals surface area contributed by atoms with E-state index in [-0.39, 0.29) is 11.3 Å². The Hall–Kier alpha value is -2.40. The maximum Gasteiger partial charge on any atom is 0.295 e. The Balaban J connectivity index is 2.17. The first kappa shape index (κ1) is 15.5. The van der Waals surface area contributed by atoms with Crippen LogP contribution in [-0.2, 0) is 9.59 Å². The number of halogens is 1. The molecule has 23 heavy (non-hydrogen) atoms. The summed E-state index contributed by atoms with van der Waals surface area (Å²) in [5.41, 5.74) is 1.40. The van der Waals surface area contributed by atoms with E-state index < -0.39 is 17.7 Å². The van der Waals surface area contributed by atoms with Gasteiger partial charge in [0.1, 0.15) is 5.76 Å². The second-order valence-corrected chi connectivity index (χ2v) is 6.24. The van der Waals surface area contributed by atoms with Crippen LogP contribution in [0.3, 0.4) is 0 Å². The second kappa shape index (κ2) is 6.01. The van der Waals surface area contributed by atoms with Crippen LogP contribution >= 0.6 is 15.9 Å². The van der Waals surface area contributed by atoms with Crippen molar-refractivity contribution in [3.8, 4) is 0 Å². The fraction of sp³-hybridized carbons (Fsp3) is 0.111. The summed E-state index contributed by atoms with van der Waals surface area (Å²) in [4.78, 5) is 25.8. The molecule has 0 aliphatic carbocycles. The number of hydrogen-bond acceptors (Lipinski definition) is 3. The van der Waals surface area contributed by atoms with Crippen molar-refractivity contribution >= 4 is 33.4 Å². The number of amides is 1. The fourth-order valence-electron chi connectivity index (χ4n) is 2.73. The predicted molar refractivity (Wildman–Crippen MR) is 90.7 cm³/mol. The van der Waals surface area contributed by atoms with Gasteiger partial charge in [-0.3, -0.25) is 9.59 Å². The Morgan fingerprint density at radius 3 is 2.26 bits per heavy atom. The van der Waals surface area contributed by atoms with Gasteiger partial charge >= 0.3 is 0 Å². The summed E-state index contributed by atoms with van der Waals surface area (Å²) in [6, 6.07) is 15.5. The zero-order valence-corrected chi connectivity index (χ0v) is 13.9. The molecular formula is C18H14BrNO3. The summed E-state index contributed by atoms with van der Waals surface area (Å²) in [5, 5.41) is 10.6. The third-order valence-corrected chi connectivity index (χ3v) is 4.44. The van der Waals surface area contributed by atoms with Crippen molar-refractivity contribution in [3.05, 3.63) is 75.8 Å². The molecule has 4 nitrogen and oxygen atoms in total. The minimum absolute atomic E-state index is 0.117. The minimum Gasteiger partial charge on any atom is -0.507 e. The smallest absolute Gasteiger partial charge is 0.295 e. The topological polar surface area (TPSA) is 57.6 Å². The van der Waals surface area contributed by atoms with E-state index in [0.717, 1.165) is 10.0 Å². The highest BCUT2D eigenvalue weighted by Gasteiger charge is 2.44. The number of hydrogen-bond donors (Lipinski definition) is 1. The molecule has 0 radical (unpaired) electrons. The van der Waals surface area contributed by atoms with Crippen molar-refractivity contribution < 1.29 is 14.7 Å². The zero-order chi connectivity index (χ0) is 16.6. The zero-order valence-electron chi connectivity index (χ0n) is 12.4. The van der Waals surface area contributed by atoms with Crippen LogP contribution in [0.4, 0.5) is 0 Å². The molecular weight excluding hydrogens is 358 g/mol. The SMILES string of the molecule is CN1C(=O)C(=O)C(=C(O)c2ccccc2)C1c1ccc(Br)cc1. The van der Waals surface area contributed by atoms with Gasteiger partial charge in [-0.05, 0) is 17.7 Å². The number of carbonyl (C=O) groups is 2. The van der Waals surface area contributed by atoms with Crippen molar-refractivity contribution in [1.82, 2.24) is 4.90 Å². The molecule has 1 saturated heterocycles. The van der Waals surface area contributed by atoms with Gasteiger partial charge in [-0.25, -0.2) is 0 Å². The first-order chi connectivity index (χ1) is 11.0.